The number of hydrogen-bond acceptors (Lipinski definition) is 3. The summed E-state index contributed by atoms with van der Waals surface area (Å²) in [6, 6.07) is 6.42. The molecule has 0 fully saturated rings. The molecule has 4 heteroatoms. The molecule has 1 aliphatic heterocycles. The van der Waals surface area contributed by atoms with Crippen LogP contribution in [0.2, 0.25) is 0 Å². The predicted octanol–water partition coefficient (Wildman–Crippen LogP) is 1.18. The molecule has 1 aromatic rings. The van der Waals surface area contributed by atoms with E-state index in [4.69, 9.17) is 5.11 Å². The SMILES string of the molecule is O=S1C=[C-]N=C1c1ccc(O)cc1. The van der Waals surface area contributed by atoms with E-state index in [0.717, 1.165) is 5.56 Å². The van der Waals surface area contributed by atoms with Gasteiger partial charge in [-0.1, -0.05) is 23.1 Å². The van der Waals surface area contributed by atoms with Crippen molar-refractivity contribution in [3.8, 4) is 5.75 Å². The lowest BCUT2D eigenvalue weighted by Gasteiger charge is -2.07. The Morgan fingerprint density at radius 2 is 2.00 bits per heavy atom. The summed E-state index contributed by atoms with van der Waals surface area (Å²) >= 11 is 0. The molecule has 0 saturated heterocycles. The van der Waals surface area contributed by atoms with Crippen molar-refractivity contribution in [1.82, 2.24) is 0 Å². The minimum Gasteiger partial charge on any atom is -0.508 e. The Morgan fingerprint density at radius 1 is 1.31 bits per heavy atom. The fourth-order valence-electron chi connectivity index (χ4n) is 1.02. The number of hydrogen-bond donors (Lipinski definition) is 1. The summed E-state index contributed by atoms with van der Waals surface area (Å²) in [5, 5.41) is 10.9. The van der Waals surface area contributed by atoms with Gasteiger partial charge in [-0.25, -0.2) is 0 Å². The molecule has 0 spiro atoms. The highest BCUT2D eigenvalue weighted by Crippen LogP contribution is 2.14. The van der Waals surface area contributed by atoms with E-state index >= 15 is 0 Å². The van der Waals surface area contributed by atoms with Crippen molar-refractivity contribution in [1.29, 1.82) is 0 Å². The van der Waals surface area contributed by atoms with Gasteiger partial charge in [-0.3, -0.25) is 4.21 Å². The zero-order chi connectivity index (χ0) is 9.26. The van der Waals surface area contributed by atoms with Gasteiger partial charge in [-0.05, 0) is 28.0 Å². The number of rotatable bonds is 1. The first-order chi connectivity index (χ1) is 6.27. The second kappa shape index (κ2) is 3.14. The normalized spacial score (nSPS) is 20.3. The molecule has 1 aliphatic rings. The number of phenolic OH excluding ortho intramolecular Hbond substituents is 1. The molecule has 1 unspecified atom stereocenters. The van der Waals surface area contributed by atoms with Crippen LogP contribution in [0.1, 0.15) is 5.56 Å². The second-order valence-corrected chi connectivity index (χ2v) is 3.73. The van der Waals surface area contributed by atoms with Crippen molar-refractivity contribution in [2.75, 3.05) is 0 Å². The van der Waals surface area contributed by atoms with E-state index in [1.165, 1.54) is 17.5 Å². The molecular weight excluding hydrogens is 186 g/mol. The van der Waals surface area contributed by atoms with Crippen LogP contribution in [0.3, 0.4) is 0 Å². The van der Waals surface area contributed by atoms with Crippen LogP contribution in [0.25, 0.3) is 0 Å². The molecule has 3 nitrogen and oxygen atoms in total. The average Bonchev–Trinajstić information content (AvgIpc) is 2.53. The minimum atomic E-state index is -1.19. The zero-order valence-electron chi connectivity index (χ0n) is 6.60. The third-order valence-corrected chi connectivity index (χ3v) is 2.66. The standard InChI is InChI=1S/C9H6NO2S/c11-8-3-1-7(2-4-8)9-10-5-6-13(9)12/h1-4,6,11H/q-1. The molecule has 0 radical (unpaired) electrons. The molecule has 1 N–H and O–H groups in total. The van der Waals surface area contributed by atoms with Gasteiger partial charge in [0.1, 0.15) is 5.75 Å². The van der Waals surface area contributed by atoms with Crippen LogP contribution in [-0.4, -0.2) is 14.4 Å². The van der Waals surface area contributed by atoms with E-state index in [1.54, 1.807) is 12.1 Å². The van der Waals surface area contributed by atoms with Gasteiger partial charge in [0, 0.05) is 0 Å². The number of aromatic hydroxyl groups is 1. The first-order valence-electron chi connectivity index (χ1n) is 3.64. The fraction of sp³-hybridized carbons (Fsp3) is 0. The summed E-state index contributed by atoms with van der Waals surface area (Å²) in [5.41, 5.74) is 0.748. The summed E-state index contributed by atoms with van der Waals surface area (Å²) in [5.74, 6) is 0.185. The van der Waals surface area contributed by atoms with E-state index < -0.39 is 10.8 Å². The minimum absolute atomic E-state index is 0.185. The highest BCUT2D eigenvalue weighted by molar-refractivity contribution is 8.04. The lowest BCUT2D eigenvalue weighted by Crippen LogP contribution is -2.02. The van der Waals surface area contributed by atoms with Crippen molar-refractivity contribution in [2.45, 2.75) is 0 Å². The van der Waals surface area contributed by atoms with Crippen LogP contribution in [0, 0.1) is 6.20 Å². The first kappa shape index (κ1) is 8.19. The van der Waals surface area contributed by atoms with Gasteiger partial charge in [0.2, 0.25) is 0 Å². The molecule has 0 aliphatic carbocycles. The third kappa shape index (κ3) is 1.53. The first-order valence-corrected chi connectivity index (χ1v) is 4.85. The van der Waals surface area contributed by atoms with Gasteiger partial charge in [0.15, 0.2) is 0 Å². The number of nitrogens with zero attached hydrogens (tertiary/aromatic N) is 1. The Hall–Kier alpha value is -1.42. The Bertz CT molecular complexity index is 406. The summed E-state index contributed by atoms with van der Waals surface area (Å²) in [6.07, 6.45) is 2.54. The molecule has 0 amide bonds. The van der Waals surface area contributed by atoms with E-state index in [2.05, 4.69) is 11.2 Å². The molecule has 2 rings (SSSR count). The fourth-order valence-corrected chi connectivity index (χ4v) is 1.79. The summed E-state index contributed by atoms with van der Waals surface area (Å²) < 4.78 is 11.3. The number of phenols is 1. The Kier molecular flexibility index (Phi) is 1.98. The molecule has 1 atom stereocenters. The van der Waals surface area contributed by atoms with Gasteiger partial charge >= 0.3 is 0 Å². The highest BCUT2D eigenvalue weighted by atomic mass is 32.2. The van der Waals surface area contributed by atoms with Crippen molar-refractivity contribution >= 4 is 15.8 Å². The molecule has 0 saturated carbocycles. The van der Waals surface area contributed by atoms with Crippen LogP contribution in [0.5, 0.6) is 5.75 Å². The predicted molar refractivity (Wildman–Crippen MR) is 50.6 cm³/mol. The van der Waals surface area contributed by atoms with E-state index in [-0.39, 0.29) is 5.75 Å². The van der Waals surface area contributed by atoms with Crippen LogP contribution in [0.4, 0.5) is 0 Å². The van der Waals surface area contributed by atoms with Crippen molar-refractivity contribution < 1.29 is 9.32 Å². The van der Waals surface area contributed by atoms with Crippen molar-refractivity contribution in [3.63, 3.8) is 0 Å². The Morgan fingerprint density at radius 3 is 2.54 bits per heavy atom. The van der Waals surface area contributed by atoms with Gasteiger partial charge in [0.05, 0.1) is 0 Å². The monoisotopic (exact) mass is 192 g/mol. The lowest BCUT2D eigenvalue weighted by molar-refractivity contribution is 0.475. The molecule has 0 aromatic heterocycles. The van der Waals surface area contributed by atoms with Gasteiger partial charge in [0.25, 0.3) is 0 Å². The highest BCUT2D eigenvalue weighted by Gasteiger charge is 2.01. The molecular formula is C9H6NO2S-. The topological polar surface area (TPSA) is 49.7 Å². The zero-order valence-corrected chi connectivity index (χ0v) is 7.41. The molecule has 13 heavy (non-hydrogen) atoms. The number of aliphatic imine (C=N–C) groups is 1. The van der Waals surface area contributed by atoms with E-state index in [0.29, 0.717) is 5.04 Å². The van der Waals surface area contributed by atoms with Gasteiger partial charge < -0.3 is 10.1 Å². The molecule has 66 valence electrons. The molecule has 1 heterocycles. The van der Waals surface area contributed by atoms with Gasteiger partial charge in [-0.15, -0.1) is 6.20 Å². The number of benzene rings is 1. The summed E-state index contributed by atoms with van der Waals surface area (Å²) in [7, 11) is -1.19. The van der Waals surface area contributed by atoms with E-state index in [9.17, 15) is 4.21 Å². The maximum atomic E-state index is 11.3. The smallest absolute Gasteiger partial charge is 0.115 e. The maximum absolute atomic E-state index is 11.3. The average molecular weight is 192 g/mol. The van der Waals surface area contributed by atoms with Crippen molar-refractivity contribution in [3.05, 3.63) is 41.4 Å². The van der Waals surface area contributed by atoms with Crippen LogP contribution >= 0.6 is 0 Å². The summed E-state index contributed by atoms with van der Waals surface area (Å²) in [6.45, 7) is 0. The lowest BCUT2D eigenvalue weighted by atomic mass is 10.2. The molecule has 0 bridgehead atoms. The quantitative estimate of drug-likeness (QED) is 0.679. The van der Waals surface area contributed by atoms with Crippen LogP contribution < -0.4 is 0 Å². The Labute approximate surface area is 77.9 Å². The second-order valence-electron chi connectivity index (χ2n) is 2.51. The van der Waals surface area contributed by atoms with Crippen LogP contribution in [-0.2, 0) is 10.8 Å². The van der Waals surface area contributed by atoms with Crippen LogP contribution in [0.15, 0.2) is 34.7 Å². The summed E-state index contributed by atoms with van der Waals surface area (Å²) in [4.78, 5) is 3.85. The van der Waals surface area contributed by atoms with Gasteiger partial charge in [-0.2, -0.15) is 0 Å². The third-order valence-electron chi connectivity index (χ3n) is 1.63. The largest absolute Gasteiger partial charge is 0.508 e. The van der Waals surface area contributed by atoms with E-state index in [1.807, 2.05) is 0 Å². The van der Waals surface area contributed by atoms with Crippen molar-refractivity contribution in [2.24, 2.45) is 4.99 Å². The molecule has 1 aromatic carbocycles. The maximum Gasteiger partial charge on any atom is 0.115 e. The Balaban J connectivity index is 2.38.